The normalized spacial score (nSPS) is 14.8. The van der Waals surface area contributed by atoms with Crippen LogP contribution >= 0.6 is 0 Å². The molecule has 25 heavy (non-hydrogen) atoms. The Morgan fingerprint density at radius 1 is 1.28 bits per heavy atom. The number of nitrogens with zero attached hydrogens (tertiary/aromatic N) is 4. The summed E-state index contributed by atoms with van der Waals surface area (Å²) in [5.41, 5.74) is 3.98. The number of benzene rings is 1. The van der Waals surface area contributed by atoms with Crippen LogP contribution in [0.25, 0.3) is 11.0 Å². The lowest BCUT2D eigenvalue weighted by molar-refractivity contribution is 0.201. The smallest absolute Gasteiger partial charge is 0.336 e. The van der Waals surface area contributed by atoms with Crippen molar-refractivity contribution in [2.24, 2.45) is 0 Å². The van der Waals surface area contributed by atoms with Gasteiger partial charge in [0, 0.05) is 31.1 Å². The molecular formula is C18H20N4O3. The molecule has 3 heterocycles. The van der Waals surface area contributed by atoms with Crippen molar-refractivity contribution in [2.45, 2.75) is 39.6 Å². The van der Waals surface area contributed by atoms with Crippen molar-refractivity contribution < 1.29 is 9.52 Å². The van der Waals surface area contributed by atoms with Gasteiger partial charge in [-0.1, -0.05) is 24.3 Å². The summed E-state index contributed by atoms with van der Waals surface area (Å²) in [5.74, 6) is 0. The summed E-state index contributed by atoms with van der Waals surface area (Å²) in [4.78, 5) is 14.2. The molecule has 0 fully saturated rings. The molecule has 0 aliphatic carbocycles. The van der Waals surface area contributed by atoms with Gasteiger partial charge in [0.2, 0.25) is 0 Å². The quantitative estimate of drug-likeness (QED) is 0.724. The van der Waals surface area contributed by atoms with Gasteiger partial charge in [-0.15, -0.1) is 5.10 Å². The van der Waals surface area contributed by atoms with Crippen LogP contribution in [-0.4, -0.2) is 31.5 Å². The van der Waals surface area contributed by atoms with E-state index in [4.69, 9.17) is 4.42 Å². The molecule has 4 rings (SSSR count). The minimum absolute atomic E-state index is 0.110. The van der Waals surface area contributed by atoms with E-state index in [0.717, 1.165) is 41.7 Å². The van der Waals surface area contributed by atoms with E-state index in [1.165, 1.54) is 0 Å². The van der Waals surface area contributed by atoms with Gasteiger partial charge in [0.25, 0.3) is 0 Å². The Balaban J connectivity index is 1.66. The molecule has 0 unspecified atom stereocenters. The lowest BCUT2D eigenvalue weighted by atomic mass is 10.1. The fourth-order valence-electron chi connectivity index (χ4n) is 3.37. The molecule has 0 amide bonds. The molecule has 0 bridgehead atoms. The van der Waals surface area contributed by atoms with Crippen LogP contribution in [0.15, 0.2) is 33.5 Å². The first-order valence-electron chi connectivity index (χ1n) is 8.48. The molecule has 130 valence electrons. The van der Waals surface area contributed by atoms with Crippen LogP contribution in [0.3, 0.4) is 0 Å². The highest BCUT2D eigenvalue weighted by atomic mass is 16.4. The molecule has 1 aliphatic heterocycles. The minimum atomic E-state index is -0.324. The number of rotatable bonds is 4. The lowest BCUT2D eigenvalue weighted by Crippen LogP contribution is -2.34. The first kappa shape index (κ1) is 16.0. The van der Waals surface area contributed by atoms with Gasteiger partial charge in [0.15, 0.2) is 0 Å². The van der Waals surface area contributed by atoms with E-state index < -0.39 is 0 Å². The average molecular weight is 340 g/mol. The van der Waals surface area contributed by atoms with Crippen LogP contribution in [0.1, 0.15) is 29.4 Å². The molecule has 7 nitrogen and oxygen atoms in total. The summed E-state index contributed by atoms with van der Waals surface area (Å²) < 4.78 is 7.22. The van der Waals surface area contributed by atoms with Crippen molar-refractivity contribution in [1.29, 1.82) is 0 Å². The van der Waals surface area contributed by atoms with E-state index in [1.807, 2.05) is 16.8 Å². The van der Waals surface area contributed by atoms with Crippen molar-refractivity contribution in [3.8, 4) is 0 Å². The third-order valence-electron chi connectivity index (χ3n) is 4.77. The van der Waals surface area contributed by atoms with E-state index in [-0.39, 0.29) is 12.2 Å². The number of hydrogen-bond donors (Lipinski definition) is 1. The number of fused-ring (bicyclic) bond motifs is 2. The van der Waals surface area contributed by atoms with E-state index >= 15 is 0 Å². The number of aliphatic hydroxyl groups excluding tert-OH is 1. The van der Waals surface area contributed by atoms with Gasteiger partial charge in [-0.25, -0.2) is 9.48 Å². The number of aromatic nitrogens is 3. The Bertz CT molecular complexity index is 963. The van der Waals surface area contributed by atoms with Gasteiger partial charge in [-0.3, -0.25) is 4.90 Å². The van der Waals surface area contributed by atoms with Gasteiger partial charge in [0.1, 0.15) is 11.3 Å². The van der Waals surface area contributed by atoms with Gasteiger partial charge in [0.05, 0.1) is 18.8 Å². The van der Waals surface area contributed by atoms with E-state index in [0.29, 0.717) is 24.4 Å². The van der Waals surface area contributed by atoms with Crippen molar-refractivity contribution in [3.63, 3.8) is 0 Å². The second-order valence-corrected chi connectivity index (χ2v) is 6.35. The van der Waals surface area contributed by atoms with Crippen molar-refractivity contribution in [2.75, 3.05) is 6.54 Å². The zero-order valence-electron chi connectivity index (χ0n) is 14.1. The van der Waals surface area contributed by atoms with Gasteiger partial charge in [-0.2, -0.15) is 0 Å². The summed E-state index contributed by atoms with van der Waals surface area (Å²) in [5, 5.41) is 18.4. The molecule has 7 heteroatoms. The van der Waals surface area contributed by atoms with E-state index in [2.05, 4.69) is 28.2 Å². The van der Waals surface area contributed by atoms with Crippen LogP contribution in [0.4, 0.5) is 0 Å². The molecule has 3 aromatic rings. The van der Waals surface area contributed by atoms with Crippen LogP contribution in [-0.2, 0) is 32.7 Å². The molecule has 0 saturated carbocycles. The van der Waals surface area contributed by atoms with Crippen LogP contribution in [0, 0.1) is 0 Å². The van der Waals surface area contributed by atoms with Gasteiger partial charge in [-0.05, 0) is 23.6 Å². The first-order chi connectivity index (χ1) is 12.2. The summed E-state index contributed by atoms with van der Waals surface area (Å²) in [6.07, 6.45) is 0.900. The maximum absolute atomic E-state index is 12.0. The highest BCUT2D eigenvalue weighted by molar-refractivity contribution is 5.80. The largest absolute Gasteiger partial charge is 0.423 e. The van der Waals surface area contributed by atoms with Crippen molar-refractivity contribution in [3.05, 3.63) is 57.2 Å². The van der Waals surface area contributed by atoms with Crippen LogP contribution in [0.5, 0.6) is 0 Å². The topological polar surface area (TPSA) is 84.4 Å². The SMILES string of the molecule is CCc1ccc2c(CN3CCn4nnc(CO)c4C3)cc(=O)oc2c1. The molecule has 0 spiro atoms. The fourth-order valence-corrected chi connectivity index (χ4v) is 3.37. The number of aliphatic hydroxyl groups is 1. The molecule has 1 N–H and O–H groups in total. The predicted octanol–water partition coefficient (Wildman–Crippen LogP) is 1.46. The van der Waals surface area contributed by atoms with Crippen LogP contribution < -0.4 is 5.63 Å². The summed E-state index contributed by atoms with van der Waals surface area (Å²) >= 11 is 0. The highest BCUT2D eigenvalue weighted by Crippen LogP contribution is 2.23. The monoisotopic (exact) mass is 340 g/mol. The Hall–Kier alpha value is -2.51. The molecule has 0 radical (unpaired) electrons. The maximum atomic E-state index is 12.0. The third kappa shape index (κ3) is 2.96. The van der Waals surface area contributed by atoms with Crippen molar-refractivity contribution in [1.82, 2.24) is 19.9 Å². The summed E-state index contributed by atoms with van der Waals surface area (Å²) in [6.45, 7) is 4.80. The second-order valence-electron chi connectivity index (χ2n) is 6.35. The first-order valence-corrected chi connectivity index (χ1v) is 8.48. The summed E-state index contributed by atoms with van der Waals surface area (Å²) in [6, 6.07) is 7.62. The van der Waals surface area contributed by atoms with Crippen molar-refractivity contribution >= 4 is 11.0 Å². The van der Waals surface area contributed by atoms with Crippen LogP contribution in [0.2, 0.25) is 0 Å². The standard InChI is InChI=1S/C18H20N4O3/c1-2-12-3-4-14-13(8-18(24)25-17(14)7-12)9-21-5-6-22-16(10-21)15(11-23)19-20-22/h3-4,7-8,23H,2,5-6,9-11H2,1H3. The Kier molecular flexibility index (Phi) is 4.10. The Morgan fingerprint density at radius 2 is 2.16 bits per heavy atom. The number of aryl methyl sites for hydroxylation is 1. The number of hydrogen-bond acceptors (Lipinski definition) is 6. The third-order valence-corrected chi connectivity index (χ3v) is 4.77. The van der Waals surface area contributed by atoms with E-state index in [9.17, 15) is 9.90 Å². The zero-order valence-corrected chi connectivity index (χ0v) is 14.1. The molecule has 1 aliphatic rings. The Labute approximate surface area is 144 Å². The lowest BCUT2D eigenvalue weighted by Gasteiger charge is -2.27. The molecule has 1 aromatic carbocycles. The molecule has 0 atom stereocenters. The molecule has 2 aromatic heterocycles. The molecular weight excluding hydrogens is 320 g/mol. The van der Waals surface area contributed by atoms with Gasteiger partial charge < -0.3 is 9.52 Å². The molecule has 0 saturated heterocycles. The second kappa shape index (κ2) is 6.42. The maximum Gasteiger partial charge on any atom is 0.336 e. The fraction of sp³-hybridized carbons (Fsp3) is 0.389. The zero-order chi connectivity index (χ0) is 17.4. The van der Waals surface area contributed by atoms with E-state index in [1.54, 1.807) is 6.07 Å². The highest BCUT2D eigenvalue weighted by Gasteiger charge is 2.22. The summed E-state index contributed by atoms with van der Waals surface area (Å²) in [7, 11) is 0. The van der Waals surface area contributed by atoms with Gasteiger partial charge >= 0.3 is 5.63 Å². The Morgan fingerprint density at radius 3 is 2.96 bits per heavy atom. The predicted molar refractivity (Wildman–Crippen MR) is 91.9 cm³/mol. The average Bonchev–Trinajstić information content (AvgIpc) is 3.03. The minimum Gasteiger partial charge on any atom is -0.423 e.